The molecule has 0 bridgehead atoms. The van der Waals surface area contributed by atoms with Crippen LogP contribution in [0.15, 0.2) is 103 Å². The molecule has 5 rings (SSSR count). The van der Waals surface area contributed by atoms with Gasteiger partial charge in [0.05, 0.1) is 11.1 Å². The van der Waals surface area contributed by atoms with Gasteiger partial charge in [0.2, 0.25) is 0 Å². The van der Waals surface area contributed by atoms with E-state index in [0.717, 1.165) is 36.8 Å². The Labute approximate surface area is 205 Å². The molecule has 1 aliphatic carbocycles. The molecule has 35 heavy (non-hydrogen) atoms. The van der Waals surface area contributed by atoms with Gasteiger partial charge < -0.3 is 9.47 Å². The van der Waals surface area contributed by atoms with Crippen LogP contribution >= 0.6 is 0 Å². The molecular weight excluding hydrogens is 436 g/mol. The molecule has 1 fully saturated rings. The molecule has 1 saturated carbocycles. The minimum atomic E-state index is -0.497. The van der Waals surface area contributed by atoms with Crippen molar-refractivity contribution in [1.82, 2.24) is 0 Å². The third kappa shape index (κ3) is 5.02. The topological polar surface area (TPSA) is 52.6 Å². The van der Waals surface area contributed by atoms with E-state index in [2.05, 4.69) is 0 Å². The van der Waals surface area contributed by atoms with E-state index in [0.29, 0.717) is 22.4 Å². The van der Waals surface area contributed by atoms with Crippen LogP contribution in [-0.2, 0) is 0 Å². The van der Waals surface area contributed by atoms with Crippen LogP contribution in [0.5, 0.6) is 11.5 Å². The summed E-state index contributed by atoms with van der Waals surface area (Å²) in [6.07, 6.45) is 4.26. The van der Waals surface area contributed by atoms with Gasteiger partial charge in [0.25, 0.3) is 0 Å². The smallest absolute Gasteiger partial charge is 0.343 e. The Bertz CT molecular complexity index is 1310. The Morgan fingerprint density at radius 3 is 1.60 bits per heavy atom. The van der Waals surface area contributed by atoms with Crippen LogP contribution in [0.1, 0.15) is 57.9 Å². The molecule has 1 aliphatic rings. The Balaban J connectivity index is 1.65. The van der Waals surface area contributed by atoms with Crippen molar-refractivity contribution in [3.05, 3.63) is 120 Å². The summed E-state index contributed by atoms with van der Waals surface area (Å²) in [5.41, 5.74) is 3.35. The van der Waals surface area contributed by atoms with Gasteiger partial charge in [-0.1, -0.05) is 91.7 Å². The first-order valence-electron chi connectivity index (χ1n) is 12.0. The first-order chi connectivity index (χ1) is 17.2. The fraction of sp³-hybridized carbons (Fsp3) is 0.161. The molecule has 4 aromatic carbocycles. The Morgan fingerprint density at radius 1 is 0.571 bits per heavy atom. The second-order valence-corrected chi connectivity index (χ2v) is 8.72. The van der Waals surface area contributed by atoms with Crippen LogP contribution in [0.25, 0.3) is 11.1 Å². The lowest BCUT2D eigenvalue weighted by Gasteiger charge is -2.21. The number of hydrogen-bond donors (Lipinski definition) is 0. The highest BCUT2D eigenvalue weighted by molar-refractivity contribution is 5.95. The minimum absolute atomic E-state index is 0.243. The van der Waals surface area contributed by atoms with Gasteiger partial charge in [-0.25, -0.2) is 9.59 Å². The summed E-state index contributed by atoms with van der Waals surface area (Å²) in [6, 6.07) is 31.4. The first kappa shape index (κ1) is 22.6. The maximum absolute atomic E-state index is 13.2. The van der Waals surface area contributed by atoms with E-state index in [-0.39, 0.29) is 11.7 Å². The van der Waals surface area contributed by atoms with Crippen molar-refractivity contribution in [2.45, 2.75) is 31.6 Å². The molecule has 0 heterocycles. The molecule has 0 aromatic heterocycles. The summed E-state index contributed by atoms with van der Waals surface area (Å²) in [4.78, 5) is 26.3. The van der Waals surface area contributed by atoms with Gasteiger partial charge in [-0.05, 0) is 48.6 Å². The lowest BCUT2D eigenvalue weighted by molar-refractivity contribution is 0.0681. The quantitative estimate of drug-likeness (QED) is 0.221. The average Bonchev–Trinajstić information content (AvgIpc) is 3.46. The van der Waals surface area contributed by atoms with Gasteiger partial charge in [0, 0.05) is 11.1 Å². The maximum atomic E-state index is 13.2. The lowest BCUT2D eigenvalue weighted by atomic mass is 9.93. The van der Waals surface area contributed by atoms with Crippen LogP contribution < -0.4 is 9.47 Å². The normalized spacial score (nSPS) is 13.4. The second-order valence-electron chi connectivity index (χ2n) is 8.72. The third-order valence-corrected chi connectivity index (χ3v) is 6.43. The number of esters is 2. The van der Waals surface area contributed by atoms with E-state index in [1.54, 1.807) is 48.5 Å². The van der Waals surface area contributed by atoms with Crippen molar-refractivity contribution in [2.75, 3.05) is 0 Å². The Morgan fingerprint density at radius 2 is 1.06 bits per heavy atom. The zero-order chi connectivity index (χ0) is 24.0. The molecular formula is C31H26O4. The number of benzene rings is 4. The zero-order valence-corrected chi connectivity index (χ0v) is 19.4. The van der Waals surface area contributed by atoms with E-state index in [1.807, 2.05) is 54.6 Å². The summed E-state index contributed by atoms with van der Waals surface area (Å²) >= 11 is 0. The standard InChI is InChI=1S/C31H26O4/c32-30(24-16-6-2-7-17-24)34-28-26(22-12-4-1-5-13-22)20-21-27(23-14-10-11-15-23)29(28)35-31(33)25-18-8-3-9-19-25/h1-9,12-13,16-21,23H,10-11,14-15H2. The number of hydrogen-bond acceptors (Lipinski definition) is 4. The molecule has 4 nitrogen and oxygen atoms in total. The third-order valence-electron chi connectivity index (χ3n) is 6.43. The van der Waals surface area contributed by atoms with Gasteiger partial charge in [0.1, 0.15) is 0 Å². The SMILES string of the molecule is O=C(Oc1c(-c2ccccc2)ccc(C2CCCC2)c1OC(=O)c1ccccc1)c1ccccc1. The van der Waals surface area contributed by atoms with Crippen molar-refractivity contribution in [3.8, 4) is 22.6 Å². The van der Waals surface area contributed by atoms with Crippen LogP contribution in [0.2, 0.25) is 0 Å². The molecule has 174 valence electrons. The van der Waals surface area contributed by atoms with Crippen LogP contribution in [0.3, 0.4) is 0 Å². The molecule has 0 atom stereocenters. The average molecular weight is 463 g/mol. The second kappa shape index (κ2) is 10.4. The van der Waals surface area contributed by atoms with Gasteiger partial charge >= 0.3 is 11.9 Å². The van der Waals surface area contributed by atoms with Gasteiger partial charge in [-0.2, -0.15) is 0 Å². The van der Waals surface area contributed by atoms with Gasteiger partial charge in [0.15, 0.2) is 11.5 Å². The fourth-order valence-corrected chi connectivity index (χ4v) is 4.64. The Hall–Kier alpha value is -4.18. The van der Waals surface area contributed by atoms with Crippen LogP contribution in [-0.4, -0.2) is 11.9 Å². The molecule has 4 heteroatoms. The molecule has 0 amide bonds. The molecule has 0 unspecified atom stereocenters. The summed E-state index contributed by atoms with van der Waals surface area (Å²) in [6.45, 7) is 0. The highest BCUT2D eigenvalue weighted by Crippen LogP contribution is 2.47. The predicted octanol–water partition coefficient (Wildman–Crippen LogP) is 7.45. The zero-order valence-electron chi connectivity index (χ0n) is 19.4. The van der Waals surface area contributed by atoms with Crippen molar-refractivity contribution in [1.29, 1.82) is 0 Å². The maximum Gasteiger partial charge on any atom is 0.343 e. The molecule has 0 spiro atoms. The van der Waals surface area contributed by atoms with Crippen LogP contribution in [0.4, 0.5) is 0 Å². The van der Waals surface area contributed by atoms with E-state index >= 15 is 0 Å². The van der Waals surface area contributed by atoms with Crippen LogP contribution in [0, 0.1) is 0 Å². The summed E-state index contributed by atoms with van der Waals surface area (Å²) in [7, 11) is 0. The van der Waals surface area contributed by atoms with E-state index in [1.165, 1.54) is 0 Å². The van der Waals surface area contributed by atoms with E-state index in [9.17, 15) is 9.59 Å². The molecule has 0 radical (unpaired) electrons. The fourth-order valence-electron chi connectivity index (χ4n) is 4.64. The van der Waals surface area contributed by atoms with Crippen molar-refractivity contribution >= 4 is 11.9 Å². The largest absolute Gasteiger partial charge is 0.419 e. The highest BCUT2D eigenvalue weighted by Gasteiger charge is 2.28. The minimum Gasteiger partial charge on any atom is -0.419 e. The van der Waals surface area contributed by atoms with Crippen molar-refractivity contribution in [2.24, 2.45) is 0 Å². The number of rotatable bonds is 6. The van der Waals surface area contributed by atoms with Gasteiger partial charge in [-0.15, -0.1) is 0 Å². The van der Waals surface area contributed by atoms with E-state index < -0.39 is 11.9 Å². The van der Waals surface area contributed by atoms with E-state index in [4.69, 9.17) is 9.47 Å². The molecule has 0 aliphatic heterocycles. The molecule has 0 saturated heterocycles. The number of carbonyl (C=O) groups is 2. The van der Waals surface area contributed by atoms with Gasteiger partial charge in [-0.3, -0.25) is 0 Å². The number of ether oxygens (including phenoxy) is 2. The lowest BCUT2D eigenvalue weighted by Crippen LogP contribution is -2.15. The first-order valence-corrected chi connectivity index (χ1v) is 12.0. The highest BCUT2D eigenvalue weighted by atomic mass is 16.6. The summed E-state index contributed by atoms with van der Waals surface area (Å²) in [5, 5.41) is 0. The monoisotopic (exact) mass is 462 g/mol. The molecule has 4 aromatic rings. The van der Waals surface area contributed by atoms with Crippen molar-refractivity contribution < 1.29 is 19.1 Å². The summed E-state index contributed by atoms with van der Waals surface area (Å²) < 4.78 is 12.1. The number of carbonyl (C=O) groups excluding carboxylic acids is 2. The Kier molecular flexibility index (Phi) is 6.71. The predicted molar refractivity (Wildman–Crippen MR) is 136 cm³/mol. The molecule has 0 N–H and O–H groups in total. The summed E-state index contributed by atoms with van der Waals surface area (Å²) in [5.74, 6) is -0.127. The van der Waals surface area contributed by atoms with Crippen molar-refractivity contribution in [3.63, 3.8) is 0 Å².